The van der Waals surface area contributed by atoms with Gasteiger partial charge in [0.05, 0.1) is 17.6 Å². The Morgan fingerprint density at radius 3 is 2.06 bits per heavy atom. The maximum Gasteiger partial charge on any atom is 0.137 e. The van der Waals surface area contributed by atoms with E-state index in [4.69, 9.17) is 4.98 Å². The largest absolute Gasteiger partial charge is 0.311 e. The number of rotatable bonds is 7. The molecule has 2 atom stereocenters. The summed E-state index contributed by atoms with van der Waals surface area (Å²) in [5, 5.41) is 11.0. The molecule has 3 heterocycles. The second kappa shape index (κ2) is 13.0. The number of benzene rings is 5. The molecule has 244 valence electrons. The van der Waals surface area contributed by atoms with Gasteiger partial charge in [-0.1, -0.05) is 134 Å². The Morgan fingerprint density at radius 2 is 1.27 bits per heavy atom. The Bertz CT molecular complexity index is 2530. The standard InChI is InChI=1S/C46H35N5/c1-32-30-40(27-28-41(32)33-19-21-35(22-20-33)44-42-17-9-8-14-37(42)31-47-49-44)51(38-15-6-3-7-16-38)39-25-23-36(24-26-39)46-45(34-12-4-2-5-13-34)48-43-18-10-11-29-50(43)46/h2-32,41H,1H3. The quantitative estimate of drug-likeness (QED) is 0.171. The molecule has 9 rings (SSSR count). The highest BCUT2D eigenvalue weighted by molar-refractivity contribution is 5.93. The Labute approximate surface area is 297 Å². The number of allylic oxidation sites excluding steroid dienone is 3. The molecule has 0 saturated heterocycles. The zero-order valence-electron chi connectivity index (χ0n) is 28.2. The number of fused-ring (bicyclic) bond motifs is 2. The molecule has 5 heteroatoms. The Morgan fingerprint density at radius 1 is 0.608 bits per heavy atom. The lowest BCUT2D eigenvalue weighted by atomic mass is 9.82. The molecular formula is C46H35N5. The van der Waals surface area contributed by atoms with Crippen LogP contribution < -0.4 is 4.90 Å². The molecule has 0 radical (unpaired) electrons. The van der Waals surface area contributed by atoms with Crippen molar-refractivity contribution in [1.29, 1.82) is 0 Å². The van der Waals surface area contributed by atoms with Crippen molar-refractivity contribution in [2.24, 2.45) is 5.92 Å². The average molecular weight is 658 g/mol. The predicted octanol–water partition coefficient (Wildman–Crippen LogP) is 11.3. The molecule has 5 aromatic carbocycles. The lowest BCUT2D eigenvalue weighted by Crippen LogP contribution is -2.20. The summed E-state index contributed by atoms with van der Waals surface area (Å²) in [5.41, 5.74) is 11.8. The maximum atomic E-state index is 5.04. The van der Waals surface area contributed by atoms with Crippen molar-refractivity contribution in [3.05, 3.63) is 194 Å². The van der Waals surface area contributed by atoms with Gasteiger partial charge in [-0.05, 0) is 54.0 Å². The highest BCUT2D eigenvalue weighted by Crippen LogP contribution is 2.40. The van der Waals surface area contributed by atoms with Gasteiger partial charge in [0.15, 0.2) is 0 Å². The van der Waals surface area contributed by atoms with Gasteiger partial charge in [0.1, 0.15) is 11.3 Å². The molecule has 0 bridgehead atoms. The zero-order chi connectivity index (χ0) is 34.1. The fraction of sp³-hybridized carbons (Fsp3) is 0.0652. The summed E-state index contributed by atoms with van der Waals surface area (Å²) >= 11 is 0. The van der Waals surface area contributed by atoms with Crippen LogP contribution in [0.4, 0.5) is 11.4 Å². The lowest BCUT2D eigenvalue weighted by Gasteiger charge is -2.31. The van der Waals surface area contributed by atoms with Gasteiger partial charge >= 0.3 is 0 Å². The van der Waals surface area contributed by atoms with Gasteiger partial charge in [-0.15, -0.1) is 5.10 Å². The Kier molecular flexibility index (Phi) is 7.78. The van der Waals surface area contributed by atoms with E-state index in [2.05, 4.69) is 184 Å². The van der Waals surface area contributed by atoms with Crippen molar-refractivity contribution >= 4 is 27.8 Å². The molecule has 1 aliphatic rings. The van der Waals surface area contributed by atoms with E-state index in [0.717, 1.165) is 67.3 Å². The molecule has 1 aliphatic carbocycles. The van der Waals surface area contributed by atoms with Gasteiger partial charge in [-0.2, -0.15) is 5.10 Å². The summed E-state index contributed by atoms with van der Waals surface area (Å²) in [6.45, 7) is 2.31. The van der Waals surface area contributed by atoms with E-state index in [1.54, 1.807) is 0 Å². The molecule has 2 unspecified atom stereocenters. The predicted molar refractivity (Wildman–Crippen MR) is 209 cm³/mol. The number of anilines is 2. The maximum absolute atomic E-state index is 5.04. The van der Waals surface area contributed by atoms with Crippen molar-refractivity contribution in [2.75, 3.05) is 4.90 Å². The van der Waals surface area contributed by atoms with E-state index < -0.39 is 0 Å². The first kappa shape index (κ1) is 30.5. The molecule has 0 saturated carbocycles. The number of nitrogens with zero attached hydrogens (tertiary/aromatic N) is 5. The van der Waals surface area contributed by atoms with E-state index in [1.165, 1.54) is 5.56 Å². The molecule has 0 aliphatic heterocycles. The van der Waals surface area contributed by atoms with Crippen molar-refractivity contribution in [2.45, 2.75) is 12.8 Å². The van der Waals surface area contributed by atoms with Crippen molar-refractivity contribution < 1.29 is 0 Å². The SMILES string of the molecule is CC1C=C(N(c2ccccc2)c2ccc(-c3c(-c4ccccc4)nc4ccccn34)cc2)C=CC1c1ccc(-c2nncc3ccccc23)cc1. The molecule has 0 N–H and O–H groups in total. The van der Waals surface area contributed by atoms with Gasteiger partial charge < -0.3 is 4.90 Å². The van der Waals surface area contributed by atoms with Gasteiger partial charge in [-0.3, -0.25) is 4.40 Å². The van der Waals surface area contributed by atoms with Gasteiger partial charge in [0, 0.05) is 56.6 Å². The third-order valence-corrected chi connectivity index (χ3v) is 9.86. The number of hydrogen-bond donors (Lipinski definition) is 0. The Balaban J connectivity index is 1.03. The lowest BCUT2D eigenvalue weighted by molar-refractivity contribution is 0.628. The number of pyridine rings is 1. The summed E-state index contributed by atoms with van der Waals surface area (Å²) < 4.78 is 2.18. The van der Waals surface area contributed by atoms with Crippen LogP contribution in [0.25, 0.3) is 50.2 Å². The highest BCUT2D eigenvalue weighted by atomic mass is 15.1. The average Bonchev–Trinajstić information content (AvgIpc) is 3.59. The molecule has 51 heavy (non-hydrogen) atoms. The van der Waals surface area contributed by atoms with Crippen LogP contribution in [0.3, 0.4) is 0 Å². The minimum atomic E-state index is 0.257. The monoisotopic (exact) mass is 657 g/mol. The first-order valence-electron chi connectivity index (χ1n) is 17.4. The fourth-order valence-corrected chi connectivity index (χ4v) is 7.34. The van der Waals surface area contributed by atoms with Crippen LogP contribution in [0, 0.1) is 5.92 Å². The second-order valence-electron chi connectivity index (χ2n) is 13.1. The summed E-state index contributed by atoms with van der Waals surface area (Å²) in [5.74, 6) is 0.540. The minimum Gasteiger partial charge on any atom is -0.311 e. The summed E-state index contributed by atoms with van der Waals surface area (Å²) in [4.78, 5) is 7.39. The van der Waals surface area contributed by atoms with Crippen LogP contribution in [0.1, 0.15) is 18.4 Å². The van der Waals surface area contributed by atoms with Crippen LogP contribution >= 0.6 is 0 Å². The number of aromatic nitrogens is 4. The first-order chi connectivity index (χ1) is 25.2. The van der Waals surface area contributed by atoms with E-state index >= 15 is 0 Å². The third-order valence-electron chi connectivity index (χ3n) is 9.86. The normalized spacial score (nSPS) is 15.6. The van der Waals surface area contributed by atoms with Crippen molar-refractivity contribution in [1.82, 2.24) is 19.6 Å². The van der Waals surface area contributed by atoms with Crippen LogP contribution in [0.15, 0.2) is 188 Å². The smallest absolute Gasteiger partial charge is 0.137 e. The van der Waals surface area contributed by atoms with E-state index in [0.29, 0.717) is 0 Å². The number of hydrogen-bond acceptors (Lipinski definition) is 4. The van der Waals surface area contributed by atoms with Gasteiger partial charge in [0.25, 0.3) is 0 Å². The summed E-state index contributed by atoms with van der Waals surface area (Å²) in [6.07, 6.45) is 10.9. The molecule has 5 nitrogen and oxygen atoms in total. The van der Waals surface area contributed by atoms with Crippen LogP contribution in [0.2, 0.25) is 0 Å². The number of imidazole rings is 1. The van der Waals surface area contributed by atoms with Crippen LogP contribution in [-0.4, -0.2) is 19.6 Å². The molecule has 3 aromatic heterocycles. The molecule has 0 fully saturated rings. The topological polar surface area (TPSA) is 46.3 Å². The highest BCUT2D eigenvalue weighted by Gasteiger charge is 2.24. The van der Waals surface area contributed by atoms with Crippen molar-refractivity contribution in [3.8, 4) is 33.8 Å². The van der Waals surface area contributed by atoms with Gasteiger partial charge in [-0.25, -0.2) is 4.98 Å². The molecule has 8 aromatic rings. The fourth-order valence-electron chi connectivity index (χ4n) is 7.34. The van der Waals surface area contributed by atoms with E-state index in [-0.39, 0.29) is 11.8 Å². The third kappa shape index (κ3) is 5.69. The Hall–Kier alpha value is -6.59. The zero-order valence-corrected chi connectivity index (χ0v) is 28.2. The minimum absolute atomic E-state index is 0.257. The van der Waals surface area contributed by atoms with Crippen LogP contribution in [0.5, 0.6) is 0 Å². The molecule has 0 spiro atoms. The molecule has 0 amide bonds. The van der Waals surface area contributed by atoms with Crippen molar-refractivity contribution in [3.63, 3.8) is 0 Å². The second-order valence-corrected chi connectivity index (χ2v) is 13.1. The van der Waals surface area contributed by atoms with Gasteiger partial charge in [0.2, 0.25) is 0 Å². The van der Waals surface area contributed by atoms with Crippen LogP contribution in [-0.2, 0) is 0 Å². The number of para-hydroxylation sites is 1. The van der Waals surface area contributed by atoms with E-state index in [1.807, 2.05) is 24.4 Å². The van der Waals surface area contributed by atoms with E-state index in [9.17, 15) is 0 Å². The summed E-state index contributed by atoms with van der Waals surface area (Å²) in [7, 11) is 0. The first-order valence-corrected chi connectivity index (χ1v) is 17.4. The summed E-state index contributed by atoms with van der Waals surface area (Å²) in [6, 6.07) is 53.2. The molecular weight excluding hydrogens is 623 g/mol.